The number of aliphatic carboxylic acids is 1. The molecule has 1 aromatic heterocycles. The lowest BCUT2D eigenvalue weighted by Gasteiger charge is -2.28. The molecule has 3 heterocycles. The Morgan fingerprint density at radius 3 is 2.84 bits per heavy atom. The molecule has 1 aromatic carbocycles. The number of benzene rings is 1. The topological polar surface area (TPSA) is 74.7 Å². The molecule has 1 saturated heterocycles. The van der Waals surface area contributed by atoms with E-state index in [1.165, 1.54) is 5.56 Å². The molecule has 1 fully saturated rings. The number of carbonyl (C=O) groups is 1. The number of likely N-dealkylation sites (tertiary alicyclic amines) is 1. The van der Waals surface area contributed by atoms with Gasteiger partial charge in [-0.3, -0.25) is 9.69 Å². The maximum absolute atomic E-state index is 15.2. The number of alkyl halides is 2. The molecular formula is C29H39F2N3O3. The number of anilines is 1. The predicted octanol–water partition coefficient (Wildman–Crippen LogP) is 5.86. The van der Waals surface area contributed by atoms with Crippen molar-refractivity contribution in [2.75, 3.05) is 25.0 Å². The average Bonchev–Trinajstić information content (AvgIpc) is 3.36. The zero-order valence-electron chi connectivity index (χ0n) is 21.9. The van der Waals surface area contributed by atoms with Crippen molar-refractivity contribution < 1.29 is 23.4 Å². The fraction of sp³-hybridized carbons (Fsp3) is 0.586. The van der Waals surface area contributed by atoms with E-state index in [4.69, 9.17) is 4.74 Å². The highest BCUT2D eigenvalue weighted by molar-refractivity contribution is 5.76. The van der Waals surface area contributed by atoms with Crippen LogP contribution in [-0.4, -0.2) is 52.6 Å². The van der Waals surface area contributed by atoms with Crippen LogP contribution >= 0.6 is 0 Å². The number of carboxylic acids is 1. The van der Waals surface area contributed by atoms with Crippen LogP contribution in [0.15, 0.2) is 36.4 Å². The van der Waals surface area contributed by atoms with Gasteiger partial charge in [0, 0.05) is 31.1 Å². The molecule has 0 bridgehead atoms. The van der Waals surface area contributed by atoms with Gasteiger partial charge in [0.15, 0.2) is 0 Å². The molecule has 0 radical (unpaired) electrons. The van der Waals surface area contributed by atoms with Gasteiger partial charge in [0.1, 0.15) is 11.9 Å². The number of fused-ring (bicyclic) bond motifs is 1. The molecular weight excluding hydrogens is 476 g/mol. The Kier molecular flexibility index (Phi) is 9.13. The van der Waals surface area contributed by atoms with Crippen LogP contribution in [0.2, 0.25) is 0 Å². The Labute approximate surface area is 218 Å². The van der Waals surface area contributed by atoms with Crippen molar-refractivity contribution in [1.82, 2.24) is 9.88 Å². The molecule has 2 aliphatic rings. The molecule has 6 nitrogen and oxygen atoms in total. The van der Waals surface area contributed by atoms with Crippen LogP contribution in [0.5, 0.6) is 0 Å². The minimum atomic E-state index is -2.83. The van der Waals surface area contributed by atoms with Crippen LogP contribution in [0.3, 0.4) is 0 Å². The van der Waals surface area contributed by atoms with E-state index < -0.39 is 23.9 Å². The third kappa shape index (κ3) is 7.05. The maximum Gasteiger partial charge on any atom is 0.325 e. The number of hydrogen-bond donors (Lipinski definition) is 2. The molecule has 8 heteroatoms. The van der Waals surface area contributed by atoms with Crippen LogP contribution in [-0.2, 0) is 29.0 Å². The summed E-state index contributed by atoms with van der Waals surface area (Å²) in [5.41, 5.74) is 3.56. The summed E-state index contributed by atoms with van der Waals surface area (Å²) < 4.78 is 36.1. The Bertz CT molecular complexity index is 1060. The van der Waals surface area contributed by atoms with Gasteiger partial charge in [-0.25, -0.2) is 13.8 Å². The summed E-state index contributed by atoms with van der Waals surface area (Å²) in [6.07, 6.45) is 3.98. The van der Waals surface area contributed by atoms with Crippen LogP contribution in [0.4, 0.5) is 14.6 Å². The number of nitrogens with zero attached hydrogens (tertiary/aromatic N) is 2. The molecule has 0 spiro atoms. The molecule has 2 N–H and O–H groups in total. The van der Waals surface area contributed by atoms with E-state index >= 15 is 8.78 Å². The summed E-state index contributed by atoms with van der Waals surface area (Å²) in [5.74, 6) is -3.76. The number of rotatable bonds is 12. The number of ether oxygens (including phenoxy) is 1. The van der Waals surface area contributed by atoms with Crippen molar-refractivity contribution in [3.8, 4) is 0 Å². The predicted molar refractivity (Wildman–Crippen MR) is 140 cm³/mol. The number of hydrogen-bond acceptors (Lipinski definition) is 5. The average molecular weight is 516 g/mol. The van der Waals surface area contributed by atoms with Crippen molar-refractivity contribution >= 4 is 11.8 Å². The van der Waals surface area contributed by atoms with Gasteiger partial charge in [-0.15, -0.1) is 0 Å². The van der Waals surface area contributed by atoms with E-state index in [0.29, 0.717) is 44.4 Å². The smallest absolute Gasteiger partial charge is 0.325 e. The zero-order valence-corrected chi connectivity index (χ0v) is 21.9. The molecule has 0 saturated carbocycles. The van der Waals surface area contributed by atoms with Crippen molar-refractivity contribution in [2.24, 2.45) is 5.92 Å². The van der Waals surface area contributed by atoms with E-state index in [2.05, 4.69) is 16.4 Å². The van der Waals surface area contributed by atoms with Crippen molar-refractivity contribution in [3.05, 3.63) is 58.8 Å². The van der Waals surface area contributed by atoms with Crippen molar-refractivity contribution in [2.45, 2.75) is 83.5 Å². The van der Waals surface area contributed by atoms with E-state index in [9.17, 15) is 9.90 Å². The van der Waals surface area contributed by atoms with Gasteiger partial charge in [0.2, 0.25) is 0 Å². The highest BCUT2D eigenvalue weighted by Gasteiger charge is 2.45. The fourth-order valence-corrected chi connectivity index (χ4v) is 5.42. The first kappa shape index (κ1) is 27.5. The standard InChI is InChI=1S/C29H39F2N3O3/c1-20(2)37-19-22-8-3-4-11-25(22)26(28(35)36)34-17-14-23(18-34)29(30,31)15-6-5-10-24-13-12-21-9-7-16-32-27(21)33-24/h3-4,8,11-13,20,23,26H,5-7,9-10,14-19H2,1-2H3,(H,32,33)(H,35,36)/t23-,26?/m1/s1. The Balaban J connectivity index is 1.32. The van der Waals surface area contributed by atoms with Crippen LogP contribution in [0.25, 0.3) is 0 Å². The van der Waals surface area contributed by atoms with Gasteiger partial charge in [0.25, 0.3) is 5.92 Å². The first-order valence-electron chi connectivity index (χ1n) is 13.5. The molecule has 4 rings (SSSR count). The van der Waals surface area contributed by atoms with Gasteiger partial charge in [-0.05, 0) is 81.7 Å². The molecule has 2 aliphatic heterocycles. The second-order valence-corrected chi connectivity index (χ2v) is 10.6. The Morgan fingerprint density at radius 1 is 1.24 bits per heavy atom. The first-order valence-corrected chi connectivity index (χ1v) is 13.5. The summed E-state index contributed by atoms with van der Waals surface area (Å²) in [6, 6.07) is 10.4. The SMILES string of the molecule is CC(C)OCc1ccccc1C(C(=O)O)N1CC[C@@H](C(F)(F)CCCCc2ccc3c(n2)NCCC3)C1. The third-order valence-corrected chi connectivity index (χ3v) is 7.48. The van der Waals surface area contributed by atoms with Crippen molar-refractivity contribution in [3.63, 3.8) is 0 Å². The quantitative estimate of drug-likeness (QED) is 0.345. The number of unbranched alkanes of at least 4 members (excludes halogenated alkanes) is 1. The van der Waals surface area contributed by atoms with Gasteiger partial charge in [-0.2, -0.15) is 0 Å². The van der Waals surface area contributed by atoms with E-state index in [0.717, 1.165) is 36.5 Å². The molecule has 2 atom stereocenters. The number of pyridine rings is 1. The summed E-state index contributed by atoms with van der Waals surface area (Å²) in [7, 11) is 0. The number of aromatic nitrogens is 1. The van der Waals surface area contributed by atoms with Crippen molar-refractivity contribution in [1.29, 1.82) is 0 Å². The lowest BCUT2D eigenvalue weighted by atomic mass is 9.94. The monoisotopic (exact) mass is 515 g/mol. The van der Waals surface area contributed by atoms with Crippen LogP contribution in [0, 0.1) is 5.92 Å². The lowest BCUT2D eigenvalue weighted by Crippen LogP contribution is -2.36. The molecule has 2 aromatic rings. The highest BCUT2D eigenvalue weighted by atomic mass is 19.3. The Hall–Kier alpha value is -2.58. The Morgan fingerprint density at radius 2 is 2.05 bits per heavy atom. The summed E-state index contributed by atoms with van der Waals surface area (Å²) in [5, 5.41) is 13.4. The molecule has 202 valence electrons. The normalized spacial score (nSPS) is 19.0. The van der Waals surface area contributed by atoms with Crippen LogP contribution < -0.4 is 5.32 Å². The van der Waals surface area contributed by atoms with Gasteiger partial charge in [0.05, 0.1) is 12.7 Å². The van der Waals surface area contributed by atoms with Gasteiger partial charge in [-0.1, -0.05) is 30.3 Å². The van der Waals surface area contributed by atoms with Gasteiger partial charge < -0.3 is 15.2 Å². The molecule has 0 aliphatic carbocycles. The molecule has 37 heavy (non-hydrogen) atoms. The molecule has 0 amide bonds. The largest absolute Gasteiger partial charge is 0.480 e. The van der Waals surface area contributed by atoms with E-state index in [1.807, 2.05) is 32.0 Å². The van der Waals surface area contributed by atoms with Gasteiger partial charge >= 0.3 is 5.97 Å². The maximum atomic E-state index is 15.2. The second-order valence-electron chi connectivity index (χ2n) is 10.6. The summed E-state index contributed by atoms with van der Waals surface area (Å²) >= 11 is 0. The van der Waals surface area contributed by atoms with Crippen LogP contribution in [0.1, 0.15) is 74.4 Å². The van der Waals surface area contributed by atoms with E-state index in [1.54, 1.807) is 17.0 Å². The minimum Gasteiger partial charge on any atom is -0.480 e. The lowest BCUT2D eigenvalue weighted by molar-refractivity contribution is -0.143. The third-order valence-electron chi connectivity index (χ3n) is 7.48. The highest BCUT2D eigenvalue weighted by Crippen LogP contribution is 2.40. The summed E-state index contributed by atoms with van der Waals surface area (Å²) in [4.78, 5) is 18.6. The number of nitrogens with one attached hydrogen (secondary N) is 1. The summed E-state index contributed by atoms with van der Waals surface area (Å²) in [6.45, 7) is 5.47. The van der Waals surface area contributed by atoms with E-state index in [-0.39, 0.29) is 19.1 Å². The molecule has 1 unspecified atom stereocenters. The number of halogens is 2. The minimum absolute atomic E-state index is 0.00545. The second kappa shape index (κ2) is 12.3. The number of carboxylic acid groups (broad SMARTS) is 1. The zero-order chi connectivity index (χ0) is 26.4. The number of aryl methyl sites for hydroxylation is 2. The first-order chi connectivity index (χ1) is 17.7. The fourth-order valence-electron chi connectivity index (χ4n) is 5.42.